The lowest BCUT2D eigenvalue weighted by atomic mass is 10.0. The van der Waals surface area contributed by atoms with Gasteiger partial charge in [-0.1, -0.05) is 6.07 Å². The van der Waals surface area contributed by atoms with Gasteiger partial charge in [-0.05, 0) is 67.6 Å². The molecule has 6 heteroatoms. The average molecular weight is 382 g/mol. The predicted molar refractivity (Wildman–Crippen MR) is 110 cm³/mol. The number of ether oxygens (including phenoxy) is 1. The highest BCUT2D eigenvalue weighted by Crippen LogP contribution is 2.31. The molecule has 0 spiro atoms. The zero-order valence-corrected chi connectivity index (χ0v) is 16.1. The number of carbonyl (C=O) groups excluding carboxylic acids is 1. The summed E-state index contributed by atoms with van der Waals surface area (Å²) < 4.78 is 6.54. The summed E-state index contributed by atoms with van der Waals surface area (Å²) in [6.45, 7) is 4.37. The van der Waals surface area contributed by atoms with Gasteiger partial charge in [0.25, 0.3) is 0 Å². The van der Waals surface area contributed by atoms with Crippen LogP contribution in [0.15, 0.2) is 42.5 Å². The van der Waals surface area contributed by atoms with Gasteiger partial charge in [-0.2, -0.15) is 0 Å². The molecule has 0 aliphatic carbocycles. The van der Waals surface area contributed by atoms with Gasteiger partial charge in [0, 0.05) is 31.0 Å². The highest BCUT2D eigenvalue weighted by Gasteiger charge is 2.14. The van der Waals surface area contributed by atoms with Crippen LogP contribution < -0.4 is 10.6 Å². The number of hydrogen-bond donors (Lipinski definition) is 2. The highest BCUT2D eigenvalue weighted by atomic mass is 32.1. The number of benzene rings is 2. The summed E-state index contributed by atoms with van der Waals surface area (Å²) in [5, 5.41) is 6.84. The van der Waals surface area contributed by atoms with Crippen LogP contribution in [0, 0.1) is 12.8 Å². The summed E-state index contributed by atoms with van der Waals surface area (Å²) in [7, 11) is 0. The zero-order chi connectivity index (χ0) is 18.6. The Labute approximate surface area is 162 Å². The lowest BCUT2D eigenvalue weighted by Gasteiger charge is -2.22. The molecule has 0 atom stereocenters. The van der Waals surface area contributed by atoms with Crippen molar-refractivity contribution in [3.8, 4) is 10.6 Å². The van der Waals surface area contributed by atoms with Gasteiger partial charge >= 0.3 is 6.03 Å². The first-order valence-electron chi connectivity index (χ1n) is 9.27. The van der Waals surface area contributed by atoms with Crippen LogP contribution in [0.2, 0.25) is 0 Å². The predicted octanol–water partition coefficient (Wildman–Crippen LogP) is 4.82. The van der Waals surface area contributed by atoms with E-state index in [-0.39, 0.29) is 6.03 Å². The van der Waals surface area contributed by atoms with E-state index in [1.165, 1.54) is 10.3 Å². The molecule has 1 fully saturated rings. The Morgan fingerprint density at radius 1 is 1.19 bits per heavy atom. The number of thiazole rings is 1. The molecule has 2 aromatic carbocycles. The minimum Gasteiger partial charge on any atom is -0.381 e. The van der Waals surface area contributed by atoms with Crippen molar-refractivity contribution in [1.29, 1.82) is 0 Å². The van der Waals surface area contributed by atoms with Crippen molar-refractivity contribution < 1.29 is 9.53 Å². The van der Waals surface area contributed by atoms with Crippen molar-refractivity contribution in [3.63, 3.8) is 0 Å². The smallest absolute Gasteiger partial charge is 0.319 e. The third kappa shape index (κ3) is 4.46. The molecular formula is C21H23N3O2S. The van der Waals surface area contributed by atoms with E-state index < -0.39 is 0 Å². The van der Waals surface area contributed by atoms with E-state index in [1.54, 1.807) is 11.3 Å². The fourth-order valence-electron chi connectivity index (χ4n) is 3.21. The van der Waals surface area contributed by atoms with E-state index in [1.807, 2.05) is 24.3 Å². The van der Waals surface area contributed by atoms with E-state index >= 15 is 0 Å². The zero-order valence-electron chi connectivity index (χ0n) is 15.3. The number of hydrogen-bond acceptors (Lipinski definition) is 4. The second-order valence-electron chi connectivity index (χ2n) is 6.96. The Morgan fingerprint density at radius 3 is 2.74 bits per heavy atom. The monoisotopic (exact) mass is 381 g/mol. The number of amides is 2. The van der Waals surface area contributed by atoms with Crippen LogP contribution in [-0.4, -0.2) is 30.8 Å². The molecule has 5 nitrogen and oxygen atoms in total. The lowest BCUT2D eigenvalue weighted by molar-refractivity contribution is 0.0671. The number of nitrogens with one attached hydrogen (secondary N) is 2. The van der Waals surface area contributed by atoms with Crippen molar-refractivity contribution in [3.05, 3.63) is 48.0 Å². The Hall–Kier alpha value is -2.44. The van der Waals surface area contributed by atoms with Crippen LogP contribution >= 0.6 is 11.3 Å². The Bertz CT molecular complexity index is 930. The van der Waals surface area contributed by atoms with Crippen LogP contribution in [0.3, 0.4) is 0 Å². The second-order valence-corrected chi connectivity index (χ2v) is 7.99. The third-order valence-electron chi connectivity index (χ3n) is 4.83. The normalized spacial score (nSPS) is 15.0. The summed E-state index contributed by atoms with van der Waals surface area (Å²) in [6, 6.07) is 14.0. The van der Waals surface area contributed by atoms with Crippen LogP contribution in [0.5, 0.6) is 0 Å². The average Bonchev–Trinajstić information content (AvgIpc) is 3.11. The Balaban J connectivity index is 1.37. The molecule has 0 radical (unpaired) electrons. The summed E-state index contributed by atoms with van der Waals surface area (Å²) in [5.74, 6) is 0.509. The third-order valence-corrected chi connectivity index (χ3v) is 5.89. The maximum Gasteiger partial charge on any atom is 0.319 e. The molecule has 2 amide bonds. The van der Waals surface area contributed by atoms with Gasteiger partial charge in [0.2, 0.25) is 0 Å². The topological polar surface area (TPSA) is 63.2 Å². The fraction of sp³-hybridized carbons (Fsp3) is 0.333. The van der Waals surface area contributed by atoms with Gasteiger partial charge in [0.1, 0.15) is 5.01 Å². The molecule has 1 saturated heterocycles. The summed E-state index contributed by atoms with van der Waals surface area (Å²) in [6.07, 6.45) is 2.02. The van der Waals surface area contributed by atoms with Crippen molar-refractivity contribution in [1.82, 2.24) is 10.3 Å². The molecule has 2 N–H and O–H groups in total. The quantitative estimate of drug-likeness (QED) is 0.681. The van der Waals surface area contributed by atoms with Crippen LogP contribution in [0.4, 0.5) is 10.5 Å². The number of aromatic nitrogens is 1. The fourth-order valence-corrected chi connectivity index (χ4v) is 4.28. The van der Waals surface area contributed by atoms with E-state index in [2.05, 4.69) is 35.8 Å². The summed E-state index contributed by atoms with van der Waals surface area (Å²) in [4.78, 5) is 16.8. The number of nitrogens with zero attached hydrogens (tertiary/aromatic N) is 1. The van der Waals surface area contributed by atoms with Crippen LogP contribution in [-0.2, 0) is 4.74 Å². The first-order chi connectivity index (χ1) is 13.2. The van der Waals surface area contributed by atoms with Crippen molar-refractivity contribution in [2.45, 2.75) is 19.8 Å². The second kappa shape index (κ2) is 8.06. The molecule has 1 aliphatic heterocycles. The summed E-state index contributed by atoms with van der Waals surface area (Å²) in [5.41, 5.74) is 4.10. The van der Waals surface area contributed by atoms with Crippen molar-refractivity contribution in [2.75, 3.05) is 25.1 Å². The highest BCUT2D eigenvalue weighted by molar-refractivity contribution is 7.21. The van der Waals surface area contributed by atoms with Gasteiger partial charge in [-0.3, -0.25) is 0 Å². The van der Waals surface area contributed by atoms with Crippen LogP contribution in [0.1, 0.15) is 18.4 Å². The number of carbonyl (C=O) groups is 1. The van der Waals surface area contributed by atoms with Gasteiger partial charge in [0.05, 0.1) is 10.2 Å². The Kier molecular flexibility index (Phi) is 5.36. The van der Waals surface area contributed by atoms with Gasteiger partial charge < -0.3 is 15.4 Å². The molecule has 0 bridgehead atoms. The van der Waals surface area contributed by atoms with E-state index in [9.17, 15) is 4.79 Å². The van der Waals surface area contributed by atoms with Crippen molar-refractivity contribution >= 4 is 33.3 Å². The lowest BCUT2D eigenvalue weighted by Crippen LogP contribution is -2.35. The Morgan fingerprint density at radius 2 is 1.96 bits per heavy atom. The maximum absolute atomic E-state index is 12.1. The van der Waals surface area contributed by atoms with Gasteiger partial charge in [0.15, 0.2) is 0 Å². The molecule has 27 heavy (non-hydrogen) atoms. The van der Waals surface area contributed by atoms with Crippen molar-refractivity contribution in [2.24, 2.45) is 5.92 Å². The number of urea groups is 1. The molecule has 2 heterocycles. The van der Waals surface area contributed by atoms with E-state index in [0.29, 0.717) is 12.5 Å². The SMILES string of the molecule is Cc1ccc2nc(-c3ccc(NC(=O)NCC4CCOCC4)cc3)sc2c1. The standard InChI is InChI=1S/C21H23N3O2S/c1-14-2-7-18-19(12-14)27-20(24-18)16-3-5-17(6-4-16)23-21(25)22-13-15-8-10-26-11-9-15/h2-7,12,15H,8-11,13H2,1H3,(H2,22,23,25). The molecule has 1 aromatic heterocycles. The molecule has 3 aromatic rings. The van der Waals surface area contributed by atoms with Gasteiger partial charge in [-0.15, -0.1) is 11.3 Å². The number of rotatable bonds is 4. The number of anilines is 1. The minimum absolute atomic E-state index is 0.162. The summed E-state index contributed by atoms with van der Waals surface area (Å²) >= 11 is 1.69. The number of aryl methyl sites for hydroxylation is 1. The molecule has 0 unspecified atom stereocenters. The first-order valence-corrected chi connectivity index (χ1v) is 10.1. The molecule has 4 rings (SSSR count). The first kappa shape index (κ1) is 17.9. The minimum atomic E-state index is -0.162. The van der Waals surface area contributed by atoms with E-state index in [0.717, 1.165) is 47.8 Å². The molecule has 1 aliphatic rings. The van der Waals surface area contributed by atoms with Gasteiger partial charge in [-0.25, -0.2) is 9.78 Å². The largest absolute Gasteiger partial charge is 0.381 e. The maximum atomic E-state index is 12.1. The van der Waals surface area contributed by atoms with E-state index in [4.69, 9.17) is 9.72 Å². The molecule has 0 saturated carbocycles. The van der Waals surface area contributed by atoms with Crippen LogP contribution in [0.25, 0.3) is 20.8 Å². The number of fused-ring (bicyclic) bond motifs is 1. The molecule has 140 valence electrons. The molecular weight excluding hydrogens is 358 g/mol.